The van der Waals surface area contributed by atoms with E-state index >= 15 is 0 Å². The summed E-state index contributed by atoms with van der Waals surface area (Å²) in [5.74, 6) is -0.729. The molecule has 1 N–H and O–H groups in total. The van der Waals surface area contributed by atoms with E-state index in [4.69, 9.17) is 28.5 Å². The number of anilines is 2. The predicted molar refractivity (Wildman–Crippen MR) is 101 cm³/mol. The Hall–Kier alpha value is -2.29. The van der Waals surface area contributed by atoms with E-state index in [0.717, 1.165) is 5.69 Å². The molecule has 2 aromatic rings. The van der Waals surface area contributed by atoms with E-state index in [-0.39, 0.29) is 16.8 Å². The Labute approximate surface area is 161 Å². The van der Waals surface area contributed by atoms with Crippen molar-refractivity contribution in [2.75, 3.05) is 23.3 Å². The van der Waals surface area contributed by atoms with Gasteiger partial charge in [0.05, 0.1) is 15.6 Å². The SMILES string of the molecule is N#Cc1ccc(N2CCC(C(=O)Nc3ccc(F)c(Cl)c3)CC2)cc1Cl. The van der Waals surface area contributed by atoms with Gasteiger partial charge in [-0.05, 0) is 49.2 Å². The van der Waals surface area contributed by atoms with E-state index in [9.17, 15) is 9.18 Å². The molecule has 0 atom stereocenters. The smallest absolute Gasteiger partial charge is 0.227 e. The largest absolute Gasteiger partial charge is 0.371 e. The highest BCUT2D eigenvalue weighted by atomic mass is 35.5. The van der Waals surface area contributed by atoms with Crippen LogP contribution >= 0.6 is 23.2 Å². The van der Waals surface area contributed by atoms with Gasteiger partial charge in [0.25, 0.3) is 0 Å². The fraction of sp³-hybridized carbons (Fsp3) is 0.263. The number of halogens is 3. The Morgan fingerprint density at radius 3 is 2.50 bits per heavy atom. The minimum Gasteiger partial charge on any atom is -0.371 e. The molecule has 4 nitrogen and oxygen atoms in total. The molecule has 1 heterocycles. The van der Waals surface area contributed by atoms with Gasteiger partial charge in [-0.25, -0.2) is 4.39 Å². The maximum absolute atomic E-state index is 13.2. The van der Waals surface area contributed by atoms with E-state index in [1.807, 2.05) is 12.1 Å². The highest BCUT2D eigenvalue weighted by Gasteiger charge is 2.25. The van der Waals surface area contributed by atoms with E-state index in [1.54, 1.807) is 12.1 Å². The van der Waals surface area contributed by atoms with Crippen LogP contribution in [-0.2, 0) is 4.79 Å². The molecule has 2 aromatic carbocycles. The first-order chi connectivity index (χ1) is 12.5. The lowest BCUT2D eigenvalue weighted by Gasteiger charge is -2.33. The maximum Gasteiger partial charge on any atom is 0.227 e. The lowest BCUT2D eigenvalue weighted by atomic mass is 9.95. The third-order valence-electron chi connectivity index (χ3n) is 4.49. The molecule has 0 unspecified atom stereocenters. The van der Waals surface area contributed by atoms with Crippen LogP contribution in [0.1, 0.15) is 18.4 Å². The number of piperidine rings is 1. The summed E-state index contributed by atoms with van der Waals surface area (Å²) in [6.45, 7) is 1.43. The van der Waals surface area contributed by atoms with Crippen molar-refractivity contribution in [3.05, 3.63) is 57.8 Å². The van der Waals surface area contributed by atoms with E-state index in [0.29, 0.717) is 42.2 Å². The first kappa shape index (κ1) is 18.5. The molecule has 0 aromatic heterocycles. The fourth-order valence-electron chi connectivity index (χ4n) is 3.01. The molecule has 1 aliphatic heterocycles. The van der Waals surface area contributed by atoms with Gasteiger partial charge >= 0.3 is 0 Å². The van der Waals surface area contributed by atoms with Gasteiger partial charge in [0.15, 0.2) is 0 Å². The molecule has 134 valence electrons. The number of nitriles is 1. The average Bonchev–Trinajstić information content (AvgIpc) is 2.65. The summed E-state index contributed by atoms with van der Waals surface area (Å²) in [5, 5.41) is 12.2. The molecule has 1 aliphatic rings. The van der Waals surface area contributed by atoms with Gasteiger partial charge in [-0.1, -0.05) is 23.2 Å². The fourth-order valence-corrected chi connectivity index (χ4v) is 3.41. The zero-order valence-electron chi connectivity index (χ0n) is 13.8. The number of rotatable bonds is 3. The average molecular weight is 392 g/mol. The lowest BCUT2D eigenvalue weighted by molar-refractivity contribution is -0.120. The summed E-state index contributed by atoms with van der Waals surface area (Å²) in [6, 6.07) is 11.5. The molecular weight excluding hydrogens is 376 g/mol. The van der Waals surface area contributed by atoms with Crippen molar-refractivity contribution in [3.8, 4) is 6.07 Å². The summed E-state index contributed by atoms with van der Waals surface area (Å²) >= 11 is 11.8. The van der Waals surface area contributed by atoms with Gasteiger partial charge in [0.1, 0.15) is 11.9 Å². The Kier molecular flexibility index (Phi) is 5.65. The van der Waals surface area contributed by atoms with Gasteiger partial charge in [0.2, 0.25) is 5.91 Å². The molecule has 0 radical (unpaired) electrons. The van der Waals surface area contributed by atoms with Crippen molar-refractivity contribution >= 4 is 40.5 Å². The number of benzene rings is 2. The number of carbonyl (C=O) groups is 1. The van der Waals surface area contributed by atoms with Gasteiger partial charge in [0, 0.05) is 30.4 Å². The zero-order chi connectivity index (χ0) is 18.7. The van der Waals surface area contributed by atoms with Crippen molar-refractivity contribution < 1.29 is 9.18 Å². The molecule has 0 aliphatic carbocycles. The van der Waals surface area contributed by atoms with Gasteiger partial charge < -0.3 is 10.2 Å². The van der Waals surface area contributed by atoms with Gasteiger partial charge in [-0.15, -0.1) is 0 Å². The minimum atomic E-state index is -0.515. The highest BCUT2D eigenvalue weighted by molar-refractivity contribution is 6.32. The maximum atomic E-state index is 13.2. The van der Waals surface area contributed by atoms with Crippen LogP contribution in [0.3, 0.4) is 0 Å². The molecule has 1 saturated heterocycles. The van der Waals surface area contributed by atoms with Gasteiger partial charge in [-0.2, -0.15) is 5.26 Å². The third kappa shape index (κ3) is 4.09. The Balaban J connectivity index is 1.59. The molecule has 0 spiro atoms. The number of nitrogens with one attached hydrogen (secondary N) is 1. The Morgan fingerprint density at radius 2 is 1.88 bits per heavy atom. The minimum absolute atomic E-state index is 0.0182. The number of hydrogen-bond donors (Lipinski definition) is 1. The second kappa shape index (κ2) is 7.94. The third-order valence-corrected chi connectivity index (χ3v) is 5.09. The van der Waals surface area contributed by atoms with Crippen LogP contribution < -0.4 is 10.2 Å². The highest BCUT2D eigenvalue weighted by Crippen LogP contribution is 2.28. The van der Waals surface area contributed by atoms with Gasteiger partial charge in [-0.3, -0.25) is 4.79 Å². The van der Waals surface area contributed by atoms with Crippen molar-refractivity contribution in [1.82, 2.24) is 0 Å². The van der Waals surface area contributed by atoms with Crippen LogP contribution in [-0.4, -0.2) is 19.0 Å². The lowest BCUT2D eigenvalue weighted by Crippen LogP contribution is -2.38. The molecule has 3 rings (SSSR count). The molecule has 0 saturated carbocycles. The van der Waals surface area contributed by atoms with Crippen LogP contribution in [0.25, 0.3) is 0 Å². The second-order valence-electron chi connectivity index (χ2n) is 6.16. The van der Waals surface area contributed by atoms with Crippen molar-refractivity contribution in [2.45, 2.75) is 12.8 Å². The molecular formula is C19H16Cl2FN3O. The Morgan fingerprint density at radius 1 is 1.15 bits per heavy atom. The van der Waals surface area contributed by atoms with Crippen molar-refractivity contribution in [3.63, 3.8) is 0 Å². The summed E-state index contributed by atoms with van der Waals surface area (Å²) in [5.41, 5.74) is 1.88. The predicted octanol–water partition coefficient (Wildman–Crippen LogP) is 4.86. The van der Waals surface area contributed by atoms with Crippen LogP contribution in [0.2, 0.25) is 10.0 Å². The molecule has 0 bridgehead atoms. The van der Waals surface area contributed by atoms with Crippen LogP contribution in [0.5, 0.6) is 0 Å². The van der Waals surface area contributed by atoms with Crippen molar-refractivity contribution in [2.24, 2.45) is 5.92 Å². The zero-order valence-corrected chi connectivity index (χ0v) is 15.3. The normalized spacial score (nSPS) is 14.8. The summed E-state index contributed by atoms with van der Waals surface area (Å²) < 4.78 is 13.2. The number of carbonyl (C=O) groups excluding carboxylic acids is 1. The van der Waals surface area contributed by atoms with E-state index < -0.39 is 5.82 Å². The molecule has 26 heavy (non-hydrogen) atoms. The number of hydrogen-bond acceptors (Lipinski definition) is 3. The van der Waals surface area contributed by atoms with Crippen LogP contribution in [0, 0.1) is 23.1 Å². The number of amides is 1. The molecule has 7 heteroatoms. The summed E-state index contributed by atoms with van der Waals surface area (Å²) in [7, 11) is 0. The monoisotopic (exact) mass is 391 g/mol. The standard InChI is InChI=1S/C19H16Cl2FN3O/c20-16-10-15(3-1-13(16)11-23)25-7-5-12(6-8-25)19(26)24-14-2-4-18(22)17(21)9-14/h1-4,9-10,12H,5-8H2,(H,24,26). The van der Waals surface area contributed by atoms with Crippen molar-refractivity contribution in [1.29, 1.82) is 5.26 Å². The van der Waals surface area contributed by atoms with E-state index in [2.05, 4.69) is 10.2 Å². The topological polar surface area (TPSA) is 56.1 Å². The second-order valence-corrected chi connectivity index (χ2v) is 6.97. The molecule has 1 amide bonds. The first-order valence-corrected chi connectivity index (χ1v) is 8.94. The molecule has 1 fully saturated rings. The summed E-state index contributed by atoms with van der Waals surface area (Å²) in [6.07, 6.45) is 1.39. The summed E-state index contributed by atoms with van der Waals surface area (Å²) in [4.78, 5) is 14.6. The first-order valence-electron chi connectivity index (χ1n) is 8.18. The Bertz CT molecular complexity index is 874. The van der Waals surface area contributed by atoms with Crippen LogP contribution in [0.15, 0.2) is 36.4 Å². The quantitative estimate of drug-likeness (QED) is 0.812. The van der Waals surface area contributed by atoms with E-state index in [1.165, 1.54) is 18.2 Å². The number of nitrogens with zero attached hydrogens (tertiary/aromatic N) is 2. The van der Waals surface area contributed by atoms with Crippen LogP contribution in [0.4, 0.5) is 15.8 Å².